The summed E-state index contributed by atoms with van der Waals surface area (Å²) in [6.07, 6.45) is 1.87. The van der Waals surface area contributed by atoms with Crippen molar-refractivity contribution in [1.29, 1.82) is 0 Å². The van der Waals surface area contributed by atoms with Crippen LogP contribution in [0, 0.1) is 0 Å². The zero-order valence-corrected chi connectivity index (χ0v) is 12.9. The van der Waals surface area contributed by atoms with Crippen LogP contribution in [0.2, 0.25) is 0 Å². The Balaban J connectivity index is 2.31. The molecule has 1 aromatic rings. The Labute approximate surface area is 128 Å². The number of amides is 3. The summed E-state index contributed by atoms with van der Waals surface area (Å²) in [5.74, 6) is -0.293. The maximum atomic E-state index is 11.7. The molecule has 116 valence electrons. The summed E-state index contributed by atoms with van der Waals surface area (Å²) in [7, 11) is 0. The van der Waals surface area contributed by atoms with Crippen molar-refractivity contribution in [2.75, 3.05) is 24.7 Å². The number of para-hydroxylation sites is 1. The van der Waals surface area contributed by atoms with Gasteiger partial charge in [0.25, 0.3) is 0 Å². The smallest absolute Gasteiger partial charge is 0.319 e. The Morgan fingerprint density at radius 3 is 2.52 bits per heavy atom. The first-order chi connectivity index (χ1) is 10.1. The number of rotatable bonds is 7. The van der Waals surface area contributed by atoms with Gasteiger partial charge in [-0.1, -0.05) is 18.2 Å². The van der Waals surface area contributed by atoms with Crippen LogP contribution in [0.15, 0.2) is 30.3 Å². The Hall–Kier alpha value is -1.73. The molecule has 0 aliphatic heterocycles. The minimum absolute atomic E-state index is 0.00939. The van der Waals surface area contributed by atoms with E-state index >= 15 is 0 Å². The average Bonchev–Trinajstić information content (AvgIpc) is 2.47. The van der Waals surface area contributed by atoms with Crippen LogP contribution in [-0.4, -0.2) is 47.7 Å². The lowest BCUT2D eigenvalue weighted by Crippen LogP contribution is -2.46. The normalized spacial score (nSPS) is 13.1. The van der Waals surface area contributed by atoms with Crippen molar-refractivity contribution in [1.82, 2.24) is 10.6 Å². The maximum Gasteiger partial charge on any atom is 0.319 e. The predicted molar refractivity (Wildman–Crippen MR) is 85.5 cm³/mol. The summed E-state index contributed by atoms with van der Waals surface area (Å²) in [5, 5.41) is 16.9. The Kier molecular flexibility index (Phi) is 7.63. The van der Waals surface area contributed by atoms with Crippen LogP contribution in [0.1, 0.15) is 6.92 Å². The summed E-state index contributed by atoms with van der Waals surface area (Å²) >= 11 is 1.48. The van der Waals surface area contributed by atoms with Gasteiger partial charge in [-0.05, 0) is 25.3 Å². The van der Waals surface area contributed by atoms with Gasteiger partial charge in [-0.3, -0.25) is 4.79 Å². The van der Waals surface area contributed by atoms with E-state index in [1.54, 1.807) is 24.3 Å². The van der Waals surface area contributed by atoms with Gasteiger partial charge in [0.2, 0.25) is 5.91 Å². The first-order valence-corrected chi connectivity index (χ1v) is 7.88. The molecule has 0 aliphatic carbocycles. The minimum atomic E-state index is -0.437. The Morgan fingerprint density at radius 2 is 1.95 bits per heavy atom. The summed E-state index contributed by atoms with van der Waals surface area (Å²) in [6, 6.07) is 8.37. The van der Waals surface area contributed by atoms with Crippen molar-refractivity contribution in [3.8, 4) is 0 Å². The minimum Gasteiger partial charge on any atom is -0.395 e. The van der Waals surface area contributed by atoms with E-state index in [0.29, 0.717) is 5.69 Å². The van der Waals surface area contributed by atoms with Gasteiger partial charge in [-0.2, -0.15) is 11.8 Å². The van der Waals surface area contributed by atoms with Crippen molar-refractivity contribution in [3.63, 3.8) is 0 Å². The van der Waals surface area contributed by atoms with Gasteiger partial charge in [0, 0.05) is 17.0 Å². The molecule has 7 heteroatoms. The van der Waals surface area contributed by atoms with Crippen LogP contribution in [0.5, 0.6) is 0 Å². The molecule has 1 rings (SSSR count). The molecule has 3 amide bonds. The number of urea groups is 1. The first kappa shape index (κ1) is 17.3. The monoisotopic (exact) mass is 311 g/mol. The van der Waals surface area contributed by atoms with Crippen LogP contribution in [0.4, 0.5) is 10.5 Å². The molecule has 0 heterocycles. The number of thioether (sulfide) groups is 1. The van der Waals surface area contributed by atoms with Crippen molar-refractivity contribution >= 4 is 29.4 Å². The topological polar surface area (TPSA) is 90.5 Å². The van der Waals surface area contributed by atoms with Gasteiger partial charge < -0.3 is 21.1 Å². The van der Waals surface area contributed by atoms with Crippen LogP contribution in [-0.2, 0) is 4.79 Å². The quantitative estimate of drug-likeness (QED) is 0.605. The third kappa shape index (κ3) is 6.50. The number of aliphatic hydroxyl groups is 1. The summed E-state index contributed by atoms with van der Waals surface area (Å²) in [4.78, 5) is 23.3. The second kappa shape index (κ2) is 9.25. The molecule has 4 N–H and O–H groups in total. The highest BCUT2D eigenvalue weighted by Gasteiger charge is 2.17. The average molecular weight is 311 g/mol. The summed E-state index contributed by atoms with van der Waals surface area (Å²) < 4.78 is 0. The largest absolute Gasteiger partial charge is 0.395 e. The number of benzene rings is 1. The van der Waals surface area contributed by atoms with Gasteiger partial charge in [0.15, 0.2) is 0 Å². The van der Waals surface area contributed by atoms with E-state index in [9.17, 15) is 9.59 Å². The Bertz CT molecular complexity index is 452. The number of hydrogen-bond acceptors (Lipinski definition) is 4. The molecule has 1 aromatic carbocycles. The molecule has 0 radical (unpaired) electrons. The third-order valence-electron chi connectivity index (χ3n) is 2.87. The van der Waals surface area contributed by atoms with E-state index in [1.807, 2.05) is 19.2 Å². The number of nitrogens with one attached hydrogen (secondary N) is 3. The third-order valence-corrected chi connectivity index (χ3v) is 4.03. The molecule has 0 fully saturated rings. The number of aliphatic hydroxyl groups excluding tert-OH is 1. The Morgan fingerprint density at radius 1 is 1.29 bits per heavy atom. The fourth-order valence-corrected chi connectivity index (χ4v) is 2.32. The molecule has 0 aromatic heterocycles. The van der Waals surface area contributed by atoms with E-state index in [0.717, 1.165) is 0 Å². The highest BCUT2D eigenvalue weighted by atomic mass is 32.2. The van der Waals surface area contributed by atoms with Crippen LogP contribution < -0.4 is 16.0 Å². The SMILES string of the molecule is CSC(CO)C(C)NC(=O)CNC(=O)Nc1ccccc1. The lowest BCUT2D eigenvalue weighted by atomic mass is 10.2. The van der Waals surface area contributed by atoms with Crippen molar-refractivity contribution in [3.05, 3.63) is 30.3 Å². The number of carbonyl (C=O) groups is 2. The molecule has 0 saturated heterocycles. The second-order valence-electron chi connectivity index (χ2n) is 4.49. The second-order valence-corrected chi connectivity index (χ2v) is 5.56. The van der Waals surface area contributed by atoms with Gasteiger partial charge in [-0.15, -0.1) is 0 Å². The van der Waals surface area contributed by atoms with Crippen LogP contribution in [0.25, 0.3) is 0 Å². The molecule has 0 saturated carbocycles. The zero-order chi connectivity index (χ0) is 15.7. The van der Waals surface area contributed by atoms with E-state index in [4.69, 9.17) is 5.11 Å². The summed E-state index contributed by atoms with van der Waals surface area (Å²) in [6.45, 7) is 1.69. The van der Waals surface area contributed by atoms with Crippen molar-refractivity contribution in [2.24, 2.45) is 0 Å². The number of carbonyl (C=O) groups excluding carboxylic acids is 2. The van der Waals surface area contributed by atoms with Gasteiger partial charge in [0.05, 0.1) is 13.2 Å². The standard InChI is InChI=1S/C14H21N3O3S/c1-10(12(9-18)21-2)16-13(19)8-15-14(20)17-11-6-4-3-5-7-11/h3-7,10,12,18H,8-9H2,1-2H3,(H,16,19)(H2,15,17,20). The molecule has 0 spiro atoms. The van der Waals surface area contributed by atoms with E-state index < -0.39 is 6.03 Å². The highest BCUT2D eigenvalue weighted by molar-refractivity contribution is 7.99. The maximum absolute atomic E-state index is 11.7. The molecule has 21 heavy (non-hydrogen) atoms. The lowest BCUT2D eigenvalue weighted by Gasteiger charge is -2.21. The number of hydrogen-bond donors (Lipinski definition) is 4. The van der Waals surface area contributed by atoms with Crippen LogP contribution >= 0.6 is 11.8 Å². The van der Waals surface area contributed by atoms with Gasteiger partial charge in [0.1, 0.15) is 0 Å². The van der Waals surface area contributed by atoms with E-state index in [2.05, 4.69) is 16.0 Å². The van der Waals surface area contributed by atoms with E-state index in [1.165, 1.54) is 11.8 Å². The zero-order valence-electron chi connectivity index (χ0n) is 12.1. The van der Waals surface area contributed by atoms with E-state index in [-0.39, 0.29) is 30.4 Å². The molecule has 6 nitrogen and oxygen atoms in total. The van der Waals surface area contributed by atoms with Crippen LogP contribution in [0.3, 0.4) is 0 Å². The lowest BCUT2D eigenvalue weighted by molar-refractivity contribution is -0.120. The molecular weight excluding hydrogens is 290 g/mol. The molecule has 0 aliphatic rings. The van der Waals surface area contributed by atoms with Crippen molar-refractivity contribution < 1.29 is 14.7 Å². The molecule has 2 unspecified atom stereocenters. The molecular formula is C14H21N3O3S. The number of anilines is 1. The highest BCUT2D eigenvalue weighted by Crippen LogP contribution is 2.09. The molecule has 0 bridgehead atoms. The summed E-state index contributed by atoms with van der Waals surface area (Å²) in [5.41, 5.74) is 0.659. The fourth-order valence-electron chi connectivity index (χ4n) is 1.69. The van der Waals surface area contributed by atoms with Gasteiger partial charge in [-0.25, -0.2) is 4.79 Å². The van der Waals surface area contributed by atoms with Gasteiger partial charge >= 0.3 is 6.03 Å². The first-order valence-electron chi connectivity index (χ1n) is 6.59. The predicted octanol–water partition coefficient (Wildman–Crippen LogP) is 1.04. The van der Waals surface area contributed by atoms with Crippen molar-refractivity contribution in [2.45, 2.75) is 18.2 Å². The molecule has 2 atom stereocenters. The fraction of sp³-hybridized carbons (Fsp3) is 0.429.